The lowest BCUT2D eigenvalue weighted by atomic mass is 9.97. The molecule has 99 heavy (non-hydrogen) atoms. The van der Waals surface area contributed by atoms with Crippen LogP contribution in [0.25, 0.3) is 132 Å². The van der Waals surface area contributed by atoms with Crippen LogP contribution in [0.3, 0.4) is 0 Å². The Morgan fingerprint density at radius 3 is 0.828 bits per heavy atom. The number of aryl methyl sites for hydroxylation is 3. The summed E-state index contributed by atoms with van der Waals surface area (Å²) in [5.74, 6) is 0. The van der Waals surface area contributed by atoms with Gasteiger partial charge in [0.05, 0.1) is 0 Å². The van der Waals surface area contributed by atoms with E-state index in [0.717, 1.165) is 0 Å². The average Bonchev–Trinajstić information content (AvgIpc) is 1.64. The van der Waals surface area contributed by atoms with Gasteiger partial charge in [-0.2, -0.15) is 0 Å². The highest BCUT2D eigenvalue weighted by Gasteiger charge is 2.15. The van der Waals surface area contributed by atoms with Crippen LogP contribution in [-0.2, 0) is 21.1 Å². The number of hydrogen-bond acceptors (Lipinski definition) is 3. The van der Waals surface area contributed by atoms with Crippen molar-refractivity contribution in [2.24, 2.45) is 21.1 Å². The SMILES string of the molecule is CC.CC.CC.CC.CC.CC.CN(C)c1ccc(-c2cccc(-c3ccc4c(c3)c3ccccc3n4C)c2)cc1.CN(C)c1cccc(-c2cccc(-c3ccc4c(c3)c3ccccc3n4C)c2)c1.CN(C)c1ccccc1-c1cccc(-c2ccc3c(c2)c2ccccc2n3C)c1. The number of anilines is 3. The highest BCUT2D eigenvalue weighted by atomic mass is 15.1. The molecule has 0 bridgehead atoms. The molecule has 12 aromatic carbocycles. The summed E-state index contributed by atoms with van der Waals surface area (Å²) in [4.78, 5) is 6.44. The molecule has 15 rings (SSSR count). The molecule has 0 atom stereocenters. The van der Waals surface area contributed by atoms with E-state index in [1.165, 1.54) is 149 Å². The van der Waals surface area contributed by atoms with Crippen LogP contribution in [0.5, 0.6) is 0 Å². The van der Waals surface area contributed by atoms with Crippen LogP contribution < -0.4 is 14.7 Å². The summed E-state index contributed by atoms with van der Waals surface area (Å²) in [6, 6.07) is 98.8. The first-order valence-electron chi connectivity index (χ1n) is 35.9. The van der Waals surface area contributed by atoms with Crippen LogP contribution in [0.2, 0.25) is 0 Å². The molecule has 0 unspecified atom stereocenters. The predicted molar refractivity (Wildman–Crippen MR) is 445 cm³/mol. The maximum atomic E-state index is 2.33. The number of nitrogens with zero attached hydrogens (tertiary/aromatic N) is 6. The van der Waals surface area contributed by atoms with Gasteiger partial charge in [-0.15, -0.1) is 0 Å². The average molecular weight is 1310 g/mol. The molecule has 0 aliphatic heterocycles. The standard InChI is InChI=1S/3C27H24N2.6C2H6/c1-28(2)25-13-6-4-11-22(25)21-10-8-9-19(17-21)20-15-16-27-24(18-20)23-12-5-7-14-26(23)29(27)3;1-28(2)23-11-7-10-21(17-23)19-8-6-9-20(16-19)22-14-15-27-25(18-22)24-12-4-5-13-26(24)29(27)3;1-28(2)23-14-11-19(12-15-23)20-7-6-8-21(17-20)22-13-16-27-25(18-22)24-9-4-5-10-26(24)29(27)3;6*1-2/h3*4-18H,1-3H3;6*1-2H3. The Balaban J connectivity index is 0.000000194. The third kappa shape index (κ3) is 16.9. The smallest absolute Gasteiger partial charge is 0.0489 e. The van der Waals surface area contributed by atoms with Crippen molar-refractivity contribution < 1.29 is 0 Å². The topological polar surface area (TPSA) is 24.5 Å². The molecule has 6 nitrogen and oxygen atoms in total. The summed E-state index contributed by atoms with van der Waals surface area (Å²) in [6.45, 7) is 24.0. The molecule has 0 saturated heterocycles. The van der Waals surface area contributed by atoms with Crippen molar-refractivity contribution in [1.29, 1.82) is 0 Å². The monoisotopic (exact) mass is 1310 g/mol. The van der Waals surface area contributed by atoms with Crippen molar-refractivity contribution in [2.45, 2.75) is 83.1 Å². The molecule has 510 valence electrons. The fourth-order valence-corrected chi connectivity index (χ4v) is 12.7. The summed E-state index contributed by atoms with van der Waals surface area (Å²) in [7, 11) is 18.9. The predicted octanol–water partition coefficient (Wildman–Crippen LogP) is 26.4. The zero-order valence-corrected chi connectivity index (χ0v) is 63.2. The van der Waals surface area contributed by atoms with Gasteiger partial charge in [0.2, 0.25) is 0 Å². The van der Waals surface area contributed by atoms with Crippen molar-refractivity contribution in [2.75, 3.05) is 57.0 Å². The van der Waals surface area contributed by atoms with Gasteiger partial charge in [-0.1, -0.05) is 253 Å². The van der Waals surface area contributed by atoms with Crippen molar-refractivity contribution in [3.8, 4) is 66.8 Å². The first-order chi connectivity index (χ1) is 48.4. The molecule has 15 aromatic rings. The van der Waals surface area contributed by atoms with E-state index in [1.807, 2.05) is 83.1 Å². The fraction of sp³-hybridized carbons (Fsp3) is 0.226. The Hall–Kier alpha value is -10.6. The van der Waals surface area contributed by atoms with Gasteiger partial charge in [-0.05, 0) is 164 Å². The Kier molecular flexibility index (Phi) is 28.1. The Morgan fingerprint density at radius 1 is 0.192 bits per heavy atom. The molecule has 0 aliphatic rings. The summed E-state index contributed by atoms with van der Waals surface area (Å²) in [5, 5.41) is 7.84. The Bertz CT molecular complexity index is 5010. The van der Waals surface area contributed by atoms with Crippen LogP contribution in [-0.4, -0.2) is 56.0 Å². The van der Waals surface area contributed by atoms with Gasteiger partial charge in [0.25, 0.3) is 0 Å². The van der Waals surface area contributed by atoms with Crippen molar-refractivity contribution in [1.82, 2.24) is 13.7 Å². The van der Waals surface area contributed by atoms with E-state index in [4.69, 9.17) is 0 Å². The summed E-state index contributed by atoms with van der Waals surface area (Å²) >= 11 is 0. The normalized spacial score (nSPS) is 10.3. The Morgan fingerprint density at radius 2 is 0.465 bits per heavy atom. The number of hydrogen-bond donors (Lipinski definition) is 0. The summed E-state index contributed by atoms with van der Waals surface area (Å²) in [5.41, 5.74) is 26.2. The largest absolute Gasteiger partial charge is 0.378 e. The highest BCUT2D eigenvalue weighted by Crippen LogP contribution is 2.39. The van der Waals surface area contributed by atoms with E-state index in [1.54, 1.807) is 0 Å². The van der Waals surface area contributed by atoms with E-state index in [2.05, 4.69) is 365 Å². The lowest BCUT2D eigenvalue weighted by Crippen LogP contribution is -2.09. The number of benzene rings is 12. The number of rotatable bonds is 9. The van der Waals surface area contributed by atoms with Gasteiger partial charge in [-0.3, -0.25) is 0 Å². The second kappa shape index (κ2) is 36.7. The first kappa shape index (κ1) is 75.8. The van der Waals surface area contributed by atoms with Gasteiger partial charge in [0.1, 0.15) is 0 Å². The minimum absolute atomic E-state index is 1.21. The van der Waals surface area contributed by atoms with Crippen LogP contribution in [0.4, 0.5) is 17.1 Å². The van der Waals surface area contributed by atoms with Crippen LogP contribution in [0.1, 0.15) is 83.1 Å². The van der Waals surface area contributed by atoms with Gasteiger partial charge < -0.3 is 28.4 Å². The molecule has 6 heteroatoms. The van der Waals surface area contributed by atoms with Gasteiger partial charge in [0.15, 0.2) is 0 Å². The molecule has 3 heterocycles. The maximum Gasteiger partial charge on any atom is 0.0489 e. The molecule has 0 saturated carbocycles. The highest BCUT2D eigenvalue weighted by molar-refractivity contribution is 6.11. The minimum Gasteiger partial charge on any atom is -0.378 e. The van der Waals surface area contributed by atoms with Gasteiger partial charge in [0, 0.05) is 151 Å². The third-order valence-corrected chi connectivity index (χ3v) is 17.4. The second-order valence-corrected chi connectivity index (χ2v) is 23.5. The molecule has 0 N–H and O–H groups in total. The quantitative estimate of drug-likeness (QED) is 0.144. The van der Waals surface area contributed by atoms with Gasteiger partial charge >= 0.3 is 0 Å². The number of aromatic nitrogens is 3. The van der Waals surface area contributed by atoms with Crippen LogP contribution in [0, 0.1) is 0 Å². The minimum atomic E-state index is 1.21. The van der Waals surface area contributed by atoms with Crippen molar-refractivity contribution >= 4 is 82.5 Å². The third-order valence-electron chi connectivity index (χ3n) is 17.4. The van der Waals surface area contributed by atoms with E-state index in [9.17, 15) is 0 Å². The molecule has 3 aromatic heterocycles. The molecule has 0 radical (unpaired) electrons. The van der Waals surface area contributed by atoms with E-state index >= 15 is 0 Å². The molecule has 0 spiro atoms. The van der Waals surface area contributed by atoms with E-state index in [-0.39, 0.29) is 0 Å². The Labute approximate surface area is 593 Å². The number of fused-ring (bicyclic) bond motifs is 9. The van der Waals surface area contributed by atoms with Crippen molar-refractivity contribution in [3.63, 3.8) is 0 Å². The molecular formula is C93H108N6. The molecule has 0 amide bonds. The lowest BCUT2D eigenvalue weighted by molar-refractivity contribution is 1.01. The molecule has 0 fully saturated rings. The van der Waals surface area contributed by atoms with Crippen LogP contribution >= 0.6 is 0 Å². The maximum absolute atomic E-state index is 2.33. The number of para-hydroxylation sites is 4. The first-order valence-corrected chi connectivity index (χ1v) is 35.9. The van der Waals surface area contributed by atoms with E-state index in [0.29, 0.717) is 0 Å². The van der Waals surface area contributed by atoms with Gasteiger partial charge in [-0.25, -0.2) is 0 Å². The fourth-order valence-electron chi connectivity index (χ4n) is 12.7. The molecular weight excluding hydrogens is 1200 g/mol. The van der Waals surface area contributed by atoms with E-state index < -0.39 is 0 Å². The summed E-state index contributed by atoms with van der Waals surface area (Å²) in [6.07, 6.45) is 0. The van der Waals surface area contributed by atoms with Crippen LogP contribution in [0.15, 0.2) is 273 Å². The zero-order valence-electron chi connectivity index (χ0n) is 63.2. The molecule has 0 aliphatic carbocycles. The second-order valence-electron chi connectivity index (χ2n) is 23.5. The lowest BCUT2D eigenvalue weighted by Gasteiger charge is -2.18. The zero-order chi connectivity index (χ0) is 71.9. The summed E-state index contributed by atoms with van der Waals surface area (Å²) < 4.78 is 6.83. The van der Waals surface area contributed by atoms with Crippen molar-refractivity contribution in [3.05, 3.63) is 273 Å².